The van der Waals surface area contributed by atoms with Crippen molar-refractivity contribution in [3.63, 3.8) is 0 Å². The molecule has 0 rings (SSSR count). The molecule has 0 aromatic heterocycles. The quantitative estimate of drug-likeness (QED) is 0.328. The van der Waals surface area contributed by atoms with E-state index in [1.807, 2.05) is 0 Å². The minimum atomic E-state index is 0. The van der Waals surface area contributed by atoms with Crippen molar-refractivity contribution in [1.29, 1.82) is 0 Å². The van der Waals surface area contributed by atoms with Gasteiger partial charge in [-0.3, -0.25) is 0 Å². The lowest BCUT2D eigenvalue weighted by Gasteiger charge is -0.813. The van der Waals surface area contributed by atoms with Crippen molar-refractivity contribution in [3.8, 4) is 0 Å². The van der Waals surface area contributed by atoms with E-state index in [9.17, 15) is 0 Å². The smallest absolute Gasteiger partial charge is 0.106 e. The molecule has 0 heterocycles. The Morgan fingerprint density at radius 2 is 0.429 bits per heavy atom. The molecule has 0 fully saturated rings. The molecule has 0 nitrogen and oxygen atoms in total. The van der Waals surface area contributed by atoms with E-state index < -0.39 is 0 Å². The second-order valence-corrected chi connectivity index (χ2v) is 0. The summed E-state index contributed by atoms with van der Waals surface area (Å²) in [6.07, 6.45) is 0. The van der Waals surface area contributed by atoms with Gasteiger partial charge in [0.05, 0.1) is 0 Å². The molecule has 0 bridgehead atoms. The molecule has 0 unspecified atom stereocenters. The third-order valence-electron chi connectivity index (χ3n) is 0. The molecule has 0 aliphatic carbocycles. The Labute approximate surface area is 57.4 Å². The van der Waals surface area contributed by atoms with E-state index in [0.29, 0.717) is 0 Å². The monoisotopic (exact) mass is 114 g/mol. The molecule has 0 aliphatic heterocycles. The van der Waals surface area contributed by atoms with Gasteiger partial charge in [0.15, 0.2) is 17.4 Å². The van der Waals surface area contributed by atoms with Crippen LogP contribution in [-0.2, 0) is 0 Å². The van der Waals surface area contributed by atoms with Crippen LogP contribution in [0.15, 0.2) is 39.5 Å². The highest BCUT2D eigenvalue weighted by Gasteiger charge is 0.605. The van der Waals surface area contributed by atoms with Crippen LogP contribution in [0.2, 0.25) is 0 Å². The first-order chi connectivity index (χ1) is 3.00. The van der Waals surface area contributed by atoms with Crippen LogP contribution in [0.25, 0.3) is 0 Å². The number of hydrogen-bond donors (Lipinski definition) is 0. The van der Waals surface area contributed by atoms with Crippen LogP contribution < -0.4 is 0 Å². The summed E-state index contributed by atoms with van der Waals surface area (Å²) < 4.78 is 0. The van der Waals surface area contributed by atoms with Gasteiger partial charge in [-0.05, 0) is 0 Å². The average molecular weight is 114 g/mol. The molecule has 0 saturated carbocycles. The Kier molecular flexibility index (Phi) is 8930. The van der Waals surface area contributed by atoms with Crippen molar-refractivity contribution in [1.82, 2.24) is 0 Å². The molecule has 0 aromatic carbocycles. The zero-order chi connectivity index (χ0) is 6.00. The summed E-state index contributed by atoms with van der Waals surface area (Å²) in [5.41, 5.74) is 0. The van der Waals surface area contributed by atoms with Crippen LogP contribution >= 0.6 is 0 Å². The Morgan fingerprint density at radius 3 is 0.429 bits per heavy atom. The lowest BCUT2D eigenvalue weighted by atomic mass is 11.3. The molecule has 42 valence electrons. The molecule has 1 heteroatoms. The van der Waals surface area contributed by atoms with Gasteiger partial charge in [0.25, 0.3) is 0 Å². The van der Waals surface area contributed by atoms with Gasteiger partial charge in [-0.2, -0.15) is 0 Å². The van der Waals surface area contributed by atoms with Crippen LogP contribution in [0.4, 0.5) is 0 Å². The summed E-state index contributed by atoms with van der Waals surface area (Å²) in [5, 5.41) is 0. The first-order valence-corrected chi connectivity index (χ1v) is 1.50. The van der Waals surface area contributed by atoms with Gasteiger partial charge in [-0.1, -0.05) is 0 Å². The Balaban J connectivity index is -0.00000000900. The van der Waals surface area contributed by atoms with E-state index in [-0.39, 0.29) is 17.4 Å². The molecule has 0 atom stereocenters. The van der Waals surface area contributed by atoms with Crippen LogP contribution in [-0.4, -0.2) is 17.4 Å². The van der Waals surface area contributed by atoms with E-state index in [1.54, 1.807) is 0 Å². The molecule has 7 heavy (non-hydrogen) atoms. The topological polar surface area (TPSA) is 0 Å². The summed E-state index contributed by atoms with van der Waals surface area (Å²) >= 11 is 0. The third-order valence-corrected chi connectivity index (χ3v) is 0. The maximum atomic E-state index is 3.00. The van der Waals surface area contributed by atoms with Gasteiger partial charge < -0.3 is 0 Å². The normalized spacial score (nSPS) is 1.71. The third kappa shape index (κ3) is 1320. The predicted molar refractivity (Wildman–Crippen MR) is 43.7 cm³/mol. The molecular weight excluding hydrogens is 99.0 g/mol. The lowest BCUT2D eigenvalue weighted by molar-refractivity contribution is 2.81. The van der Waals surface area contributed by atoms with Gasteiger partial charge in [-0.15, -0.1) is 39.5 Å². The van der Waals surface area contributed by atoms with Crippen LogP contribution in [0.1, 0.15) is 0 Å². The molecule has 0 amide bonds. The second kappa shape index (κ2) is 2120. The first kappa shape index (κ1) is 29.5. The molecule has 0 saturated heterocycles. The number of rotatable bonds is 0. The zero-order valence-electron chi connectivity index (χ0n) is 4.24. The van der Waals surface area contributed by atoms with Crippen molar-refractivity contribution in [2.75, 3.05) is 0 Å². The van der Waals surface area contributed by atoms with E-state index >= 15 is 0 Å². The SMILES string of the molecule is C=C.C=C.C=C.[AlH3]. The second-order valence-electron chi connectivity index (χ2n) is 0. The van der Waals surface area contributed by atoms with Gasteiger partial charge in [0.2, 0.25) is 0 Å². The average Bonchev–Trinajstić information content (AvgIpc) is 1.81. The predicted octanol–water partition coefficient (Wildman–Crippen LogP) is 1.22. The molecule has 0 aliphatic rings. The molecule has 0 radical (unpaired) electrons. The van der Waals surface area contributed by atoms with Crippen molar-refractivity contribution < 1.29 is 0 Å². The van der Waals surface area contributed by atoms with E-state index in [2.05, 4.69) is 39.5 Å². The summed E-state index contributed by atoms with van der Waals surface area (Å²) in [5.74, 6) is 0. The van der Waals surface area contributed by atoms with E-state index in [4.69, 9.17) is 0 Å². The van der Waals surface area contributed by atoms with Crippen molar-refractivity contribution in [2.45, 2.75) is 0 Å². The number of hydrogen-bond acceptors (Lipinski definition) is 0. The largest absolute Gasteiger partial charge is 0.187 e. The zero-order valence-corrected chi connectivity index (χ0v) is 4.24. The molecular formula is C6H15Al. The Bertz CT molecular complexity index is 8.90. The van der Waals surface area contributed by atoms with Gasteiger partial charge >= 0.3 is 0 Å². The first-order valence-electron chi connectivity index (χ1n) is 1.50. The maximum Gasteiger partial charge on any atom is 0.187 e. The van der Waals surface area contributed by atoms with Crippen LogP contribution in [0.5, 0.6) is 0 Å². The fourth-order valence-corrected chi connectivity index (χ4v) is 0. The highest BCUT2D eigenvalue weighted by atomic mass is 27.0. The maximum absolute atomic E-state index is 3.00. The van der Waals surface area contributed by atoms with Gasteiger partial charge in [-0.25, -0.2) is 0 Å². The Morgan fingerprint density at radius 1 is 0.429 bits per heavy atom. The van der Waals surface area contributed by atoms with E-state index in [0.717, 1.165) is 0 Å². The van der Waals surface area contributed by atoms with Crippen LogP contribution in [0.3, 0.4) is 0 Å². The summed E-state index contributed by atoms with van der Waals surface area (Å²) in [6, 6.07) is 0. The lowest BCUT2D eigenvalue weighted by Crippen LogP contribution is -0.552. The van der Waals surface area contributed by atoms with Crippen LogP contribution in [0, 0.1) is 0 Å². The van der Waals surface area contributed by atoms with E-state index in [1.165, 1.54) is 0 Å². The standard InChI is InChI=1S/3C2H4.Al.3H/c3*1-2;;;;/h3*1-2H2;;;;. The van der Waals surface area contributed by atoms with Gasteiger partial charge in [0, 0.05) is 0 Å². The Hall–Kier alpha value is -0.248. The molecule has 0 spiro atoms. The van der Waals surface area contributed by atoms with Gasteiger partial charge in [0.1, 0.15) is 0 Å². The van der Waals surface area contributed by atoms with Crippen molar-refractivity contribution in [3.05, 3.63) is 39.5 Å². The molecule has 0 aromatic rings. The highest BCUT2D eigenvalue weighted by molar-refractivity contribution is 5.75. The minimum Gasteiger partial charge on any atom is -0.106 e. The fraction of sp³-hybridized carbons (Fsp3) is 0. The highest BCUT2D eigenvalue weighted by Crippen LogP contribution is 0.866. The fourth-order valence-electron chi connectivity index (χ4n) is 0. The van der Waals surface area contributed by atoms with Crippen molar-refractivity contribution >= 4 is 17.4 Å². The summed E-state index contributed by atoms with van der Waals surface area (Å²) in [7, 11) is 0. The van der Waals surface area contributed by atoms with Crippen molar-refractivity contribution in [2.24, 2.45) is 0 Å². The minimum absolute atomic E-state index is 0. The molecule has 0 N–H and O–H groups in total. The summed E-state index contributed by atoms with van der Waals surface area (Å²) in [4.78, 5) is 0. The summed E-state index contributed by atoms with van der Waals surface area (Å²) in [6.45, 7) is 18.0.